The molecule has 3 aromatic rings. The minimum atomic E-state index is -0.294. The minimum absolute atomic E-state index is 0.294. The Morgan fingerprint density at radius 1 is 1.09 bits per heavy atom. The van der Waals surface area contributed by atoms with Crippen molar-refractivity contribution in [2.75, 3.05) is 5.32 Å². The SMILES string of the molecule is Cc1cc2oc(C(=O)Nc3ccccc3Cl)c(C)c2cc1C. The molecule has 0 fully saturated rings. The van der Waals surface area contributed by atoms with Gasteiger partial charge in [0.15, 0.2) is 5.76 Å². The number of carbonyl (C=O) groups excluding carboxylic acids is 1. The van der Waals surface area contributed by atoms with Crippen molar-refractivity contribution < 1.29 is 9.21 Å². The Morgan fingerprint density at radius 2 is 1.77 bits per heavy atom. The van der Waals surface area contributed by atoms with Crippen molar-refractivity contribution in [3.05, 3.63) is 63.9 Å². The van der Waals surface area contributed by atoms with E-state index in [1.807, 2.05) is 39.0 Å². The van der Waals surface area contributed by atoms with Crippen molar-refractivity contribution in [2.24, 2.45) is 0 Å². The normalized spacial score (nSPS) is 10.9. The first-order chi connectivity index (χ1) is 10.5. The first kappa shape index (κ1) is 14.7. The molecule has 22 heavy (non-hydrogen) atoms. The summed E-state index contributed by atoms with van der Waals surface area (Å²) in [4.78, 5) is 12.5. The Labute approximate surface area is 133 Å². The maximum absolute atomic E-state index is 12.5. The lowest BCUT2D eigenvalue weighted by Gasteiger charge is -2.05. The van der Waals surface area contributed by atoms with Gasteiger partial charge in [-0.3, -0.25) is 4.79 Å². The zero-order valence-electron chi connectivity index (χ0n) is 12.7. The molecule has 0 atom stereocenters. The van der Waals surface area contributed by atoms with Crippen LogP contribution in [0.15, 0.2) is 40.8 Å². The third kappa shape index (κ3) is 2.48. The molecular formula is C18H16ClNO2. The van der Waals surface area contributed by atoms with Gasteiger partial charge in [-0.05, 0) is 56.2 Å². The van der Waals surface area contributed by atoms with E-state index < -0.39 is 0 Å². The van der Waals surface area contributed by atoms with Gasteiger partial charge in [-0.1, -0.05) is 23.7 Å². The monoisotopic (exact) mass is 313 g/mol. The van der Waals surface area contributed by atoms with Crippen LogP contribution in [-0.4, -0.2) is 5.91 Å². The lowest BCUT2D eigenvalue weighted by Crippen LogP contribution is -2.12. The second-order valence-corrected chi connectivity index (χ2v) is 5.83. The van der Waals surface area contributed by atoms with Crippen molar-refractivity contribution in [1.82, 2.24) is 0 Å². The van der Waals surface area contributed by atoms with Crippen molar-refractivity contribution in [2.45, 2.75) is 20.8 Å². The van der Waals surface area contributed by atoms with Crippen LogP contribution < -0.4 is 5.32 Å². The summed E-state index contributed by atoms with van der Waals surface area (Å²) in [7, 11) is 0. The molecule has 0 radical (unpaired) electrons. The molecule has 0 aliphatic heterocycles. The number of aryl methyl sites for hydroxylation is 3. The maximum Gasteiger partial charge on any atom is 0.291 e. The van der Waals surface area contributed by atoms with E-state index in [-0.39, 0.29) is 5.91 Å². The van der Waals surface area contributed by atoms with Crippen LogP contribution in [0, 0.1) is 20.8 Å². The standard InChI is InChI=1S/C18H16ClNO2/c1-10-8-13-12(3)17(22-16(13)9-11(10)2)18(21)20-15-7-5-4-6-14(15)19/h4-9H,1-3H3,(H,20,21). The van der Waals surface area contributed by atoms with Crippen LogP contribution in [0.4, 0.5) is 5.69 Å². The van der Waals surface area contributed by atoms with E-state index in [1.54, 1.807) is 12.1 Å². The van der Waals surface area contributed by atoms with Crippen molar-refractivity contribution in [1.29, 1.82) is 0 Å². The Hall–Kier alpha value is -2.26. The number of benzene rings is 2. The third-order valence-corrected chi connectivity index (χ3v) is 4.21. The lowest BCUT2D eigenvalue weighted by molar-refractivity contribution is 0.0998. The first-order valence-electron chi connectivity index (χ1n) is 7.03. The van der Waals surface area contributed by atoms with Gasteiger partial charge in [0.2, 0.25) is 0 Å². The topological polar surface area (TPSA) is 42.2 Å². The molecule has 0 saturated carbocycles. The van der Waals surface area contributed by atoms with Crippen LogP contribution in [0.1, 0.15) is 27.2 Å². The van der Waals surface area contributed by atoms with Gasteiger partial charge in [0.25, 0.3) is 5.91 Å². The number of anilines is 1. The highest BCUT2D eigenvalue weighted by molar-refractivity contribution is 6.33. The highest BCUT2D eigenvalue weighted by Crippen LogP contribution is 2.29. The number of rotatable bonds is 2. The molecule has 112 valence electrons. The fourth-order valence-electron chi connectivity index (χ4n) is 2.43. The van der Waals surface area contributed by atoms with E-state index in [2.05, 4.69) is 11.4 Å². The van der Waals surface area contributed by atoms with E-state index >= 15 is 0 Å². The Balaban J connectivity index is 2.01. The molecule has 0 bridgehead atoms. The van der Waals surface area contributed by atoms with Crippen LogP contribution in [-0.2, 0) is 0 Å². The summed E-state index contributed by atoms with van der Waals surface area (Å²) in [6, 6.07) is 11.1. The zero-order chi connectivity index (χ0) is 15.9. The number of fused-ring (bicyclic) bond motifs is 1. The van der Waals surface area contributed by atoms with Crippen LogP contribution in [0.5, 0.6) is 0 Å². The smallest absolute Gasteiger partial charge is 0.291 e. The molecule has 1 aromatic heterocycles. The number of nitrogens with one attached hydrogen (secondary N) is 1. The van der Waals surface area contributed by atoms with E-state index in [1.165, 1.54) is 5.56 Å². The van der Waals surface area contributed by atoms with Gasteiger partial charge >= 0.3 is 0 Å². The molecule has 0 saturated heterocycles. The van der Waals surface area contributed by atoms with E-state index in [9.17, 15) is 4.79 Å². The largest absolute Gasteiger partial charge is 0.451 e. The average Bonchev–Trinajstić information content (AvgIpc) is 2.79. The van der Waals surface area contributed by atoms with E-state index in [0.29, 0.717) is 16.5 Å². The van der Waals surface area contributed by atoms with Gasteiger partial charge in [0, 0.05) is 10.9 Å². The second kappa shape index (κ2) is 5.50. The van der Waals surface area contributed by atoms with Gasteiger partial charge in [-0.15, -0.1) is 0 Å². The average molecular weight is 314 g/mol. The molecule has 2 aromatic carbocycles. The number of amides is 1. The number of halogens is 1. The number of carbonyl (C=O) groups is 1. The summed E-state index contributed by atoms with van der Waals surface area (Å²) < 4.78 is 5.75. The van der Waals surface area contributed by atoms with Crippen LogP contribution in [0.2, 0.25) is 5.02 Å². The Kier molecular flexibility index (Phi) is 3.67. The van der Waals surface area contributed by atoms with Gasteiger partial charge in [0.05, 0.1) is 10.7 Å². The lowest BCUT2D eigenvalue weighted by atomic mass is 10.1. The molecule has 0 unspecified atom stereocenters. The number of para-hydroxylation sites is 1. The Morgan fingerprint density at radius 3 is 2.50 bits per heavy atom. The first-order valence-corrected chi connectivity index (χ1v) is 7.41. The number of furan rings is 1. The summed E-state index contributed by atoms with van der Waals surface area (Å²) >= 11 is 6.07. The van der Waals surface area contributed by atoms with Crippen molar-refractivity contribution >= 4 is 34.2 Å². The summed E-state index contributed by atoms with van der Waals surface area (Å²) in [6.45, 7) is 5.96. The highest BCUT2D eigenvalue weighted by Gasteiger charge is 2.19. The number of hydrogen-bond donors (Lipinski definition) is 1. The van der Waals surface area contributed by atoms with Crippen LogP contribution in [0.3, 0.4) is 0 Å². The van der Waals surface area contributed by atoms with Gasteiger partial charge < -0.3 is 9.73 Å². The summed E-state index contributed by atoms with van der Waals surface area (Å²) in [5.74, 6) is 0.0250. The number of hydrogen-bond acceptors (Lipinski definition) is 2. The van der Waals surface area contributed by atoms with Crippen molar-refractivity contribution in [3.8, 4) is 0 Å². The zero-order valence-corrected chi connectivity index (χ0v) is 13.4. The van der Waals surface area contributed by atoms with Gasteiger partial charge in [0.1, 0.15) is 5.58 Å². The molecule has 1 N–H and O–H groups in total. The molecule has 0 aliphatic carbocycles. The fraction of sp³-hybridized carbons (Fsp3) is 0.167. The molecule has 3 nitrogen and oxygen atoms in total. The molecule has 3 rings (SSSR count). The fourth-order valence-corrected chi connectivity index (χ4v) is 2.62. The molecule has 0 aliphatic rings. The maximum atomic E-state index is 12.5. The molecular weight excluding hydrogens is 298 g/mol. The summed E-state index contributed by atoms with van der Waals surface area (Å²) in [6.07, 6.45) is 0. The highest BCUT2D eigenvalue weighted by atomic mass is 35.5. The van der Waals surface area contributed by atoms with Crippen molar-refractivity contribution in [3.63, 3.8) is 0 Å². The second-order valence-electron chi connectivity index (χ2n) is 5.42. The minimum Gasteiger partial charge on any atom is -0.451 e. The van der Waals surface area contributed by atoms with E-state index in [4.69, 9.17) is 16.0 Å². The summed E-state index contributed by atoms with van der Waals surface area (Å²) in [5, 5.41) is 4.25. The summed E-state index contributed by atoms with van der Waals surface area (Å²) in [5.41, 5.74) is 4.45. The van der Waals surface area contributed by atoms with Crippen LogP contribution >= 0.6 is 11.6 Å². The Bertz CT molecular complexity index is 880. The molecule has 1 heterocycles. The van der Waals surface area contributed by atoms with Gasteiger partial charge in [-0.2, -0.15) is 0 Å². The van der Waals surface area contributed by atoms with Crippen LogP contribution in [0.25, 0.3) is 11.0 Å². The predicted octanol–water partition coefficient (Wildman–Crippen LogP) is 5.26. The molecule has 4 heteroatoms. The van der Waals surface area contributed by atoms with E-state index in [0.717, 1.165) is 22.1 Å². The predicted molar refractivity (Wildman–Crippen MR) is 89.8 cm³/mol. The quantitative estimate of drug-likeness (QED) is 0.701. The van der Waals surface area contributed by atoms with Gasteiger partial charge in [-0.25, -0.2) is 0 Å². The molecule has 1 amide bonds. The third-order valence-electron chi connectivity index (χ3n) is 3.88. The molecule has 0 spiro atoms.